The van der Waals surface area contributed by atoms with Crippen molar-refractivity contribution in [1.29, 1.82) is 0 Å². The van der Waals surface area contributed by atoms with Crippen LogP contribution in [-0.4, -0.2) is 19.6 Å². The molecule has 17 heavy (non-hydrogen) atoms. The SMILES string of the molecule is COC(=O)c1ccc([C@H](N)CCCN)cc1.Cl. The molecule has 4 nitrogen and oxygen atoms in total. The van der Waals surface area contributed by atoms with Gasteiger partial charge in [-0.2, -0.15) is 0 Å². The third kappa shape index (κ3) is 4.73. The molecule has 0 amide bonds. The number of halogens is 1. The first-order valence-electron chi connectivity index (χ1n) is 5.33. The van der Waals surface area contributed by atoms with Crippen molar-refractivity contribution >= 4 is 18.4 Å². The minimum Gasteiger partial charge on any atom is -0.465 e. The molecule has 0 saturated heterocycles. The number of benzene rings is 1. The maximum Gasteiger partial charge on any atom is 0.337 e. The maximum absolute atomic E-state index is 11.2. The molecule has 0 aliphatic carbocycles. The van der Waals surface area contributed by atoms with E-state index in [4.69, 9.17) is 11.5 Å². The number of rotatable bonds is 5. The van der Waals surface area contributed by atoms with Crippen LogP contribution in [0.1, 0.15) is 34.8 Å². The van der Waals surface area contributed by atoms with E-state index in [1.54, 1.807) is 12.1 Å². The highest BCUT2D eigenvalue weighted by Crippen LogP contribution is 2.16. The van der Waals surface area contributed by atoms with Gasteiger partial charge in [0.1, 0.15) is 0 Å². The van der Waals surface area contributed by atoms with Crippen molar-refractivity contribution in [2.24, 2.45) is 11.5 Å². The largest absolute Gasteiger partial charge is 0.465 e. The van der Waals surface area contributed by atoms with E-state index in [0.29, 0.717) is 12.1 Å². The van der Waals surface area contributed by atoms with Gasteiger partial charge in [0.05, 0.1) is 12.7 Å². The fourth-order valence-electron chi connectivity index (χ4n) is 1.49. The molecular weight excluding hydrogens is 240 g/mol. The van der Waals surface area contributed by atoms with E-state index in [-0.39, 0.29) is 24.4 Å². The van der Waals surface area contributed by atoms with Crippen molar-refractivity contribution in [2.75, 3.05) is 13.7 Å². The highest BCUT2D eigenvalue weighted by Gasteiger charge is 2.08. The molecule has 0 radical (unpaired) electrons. The molecule has 1 rings (SSSR count). The molecule has 0 aliphatic heterocycles. The van der Waals surface area contributed by atoms with Gasteiger partial charge < -0.3 is 16.2 Å². The molecule has 0 aromatic heterocycles. The normalized spacial score (nSPS) is 11.5. The molecule has 0 aliphatic rings. The predicted octanol–water partition coefficient (Wildman–Crippen LogP) is 1.63. The van der Waals surface area contributed by atoms with E-state index in [1.165, 1.54) is 7.11 Å². The van der Waals surface area contributed by atoms with Crippen molar-refractivity contribution in [3.05, 3.63) is 35.4 Å². The molecular formula is C12H19ClN2O2. The van der Waals surface area contributed by atoms with Crippen molar-refractivity contribution in [2.45, 2.75) is 18.9 Å². The third-order valence-electron chi connectivity index (χ3n) is 2.48. The lowest BCUT2D eigenvalue weighted by molar-refractivity contribution is 0.0600. The van der Waals surface area contributed by atoms with Gasteiger partial charge in [-0.05, 0) is 37.1 Å². The summed E-state index contributed by atoms with van der Waals surface area (Å²) >= 11 is 0. The van der Waals surface area contributed by atoms with Gasteiger partial charge in [-0.1, -0.05) is 12.1 Å². The van der Waals surface area contributed by atoms with Gasteiger partial charge in [0, 0.05) is 6.04 Å². The standard InChI is InChI=1S/C12H18N2O2.ClH/c1-16-12(15)10-6-4-9(5-7-10)11(14)3-2-8-13;/h4-7,11H,2-3,8,13-14H2,1H3;1H/t11-;/m1./s1. The monoisotopic (exact) mass is 258 g/mol. The van der Waals surface area contributed by atoms with Crippen LogP contribution >= 0.6 is 12.4 Å². The Hall–Kier alpha value is -1.10. The first-order chi connectivity index (χ1) is 7.69. The zero-order valence-corrected chi connectivity index (χ0v) is 10.7. The molecule has 0 heterocycles. The first kappa shape index (κ1) is 15.9. The summed E-state index contributed by atoms with van der Waals surface area (Å²) in [5.41, 5.74) is 12.9. The Morgan fingerprint density at radius 3 is 2.41 bits per heavy atom. The molecule has 96 valence electrons. The van der Waals surface area contributed by atoms with Crippen molar-refractivity contribution in [1.82, 2.24) is 0 Å². The number of nitrogens with two attached hydrogens (primary N) is 2. The second-order valence-electron chi connectivity index (χ2n) is 3.65. The lowest BCUT2D eigenvalue weighted by Crippen LogP contribution is -2.12. The third-order valence-corrected chi connectivity index (χ3v) is 2.48. The topological polar surface area (TPSA) is 78.3 Å². The Morgan fingerprint density at radius 1 is 1.35 bits per heavy atom. The van der Waals surface area contributed by atoms with Gasteiger partial charge in [-0.25, -0.2) is 4.79 Å². The summed E-state index contributed by atoms with van der Waals surface area (Å²) in [4.78, 5) is 11.2. The summed E-state index contributed by atoms with van der Waals surface area (Å²) < 4.78 is 4.61. The molecule has 0 spiro atoms. The molecule has 1 atom stereocenters. The average Bonchev–Trinajstić information content (AvgIpc) is 2.35. The molecule has 0 unspecified atom stereocenters. The van der Waals surface area contributed by atoms with Gasteiger partial charge >= 0.3 is 5.97 Å². The Bertz CT molecular complexity index is 341. The fourth-order valence-corrected chi connectivity index (χ4v) is 1.49. The van der Waals surface area contributed by atoms with E-state index in [0.717, 1.165) is 18.4 Å². The second-order valence-corrected chi connectivity index (χ2v) is 3.65. The van der Waals surface area contributed by atoms with Crippen LogP contribution in [0.4, 0.5) is 0 Å². The van der Waals surface area contributed by atoms with Gasteiger partial charge in [0.25, 0.3) is 0 Å². The van der Waals surface area contributed by atoms with Crippen LogP contribution in [-0.2, 0) is 4.74 Å². The van der Waals surface area contributed by atoms with E-state index in [2.05, 4.69) is 4.74 Å². The minimum absolute atomic E-state index is 0. The van der Waals surface area contributed by atoms with E-state index in [1.807, 2.05) is 12.1 Å². The summed E-state index contributed by atoms with van der Waals surface area (Å²) in [6.45, 7) is 0.647. The summed E-state index contributed by atoms with van der Waals surface area (Å²) in [7, 11) is 1.36. The van der Waals surface area contributed by atoms with Crippen LogP contribution in [0, 0.1) is 0 Å². The van der Waals surface area contributed by atoms with Crippen LogP contribution in [0.5, 0.6) is 0 Å². The highest BCUT2D eigenvalue weighted by atomic mass is 35.5. The Labute approximate surface area is 108 Å². The molecule has 5 heteroatoms. The molecule has 4 N–H and O–H groups in total. The highest BCUT2D eigenvalue weighted by molar-refractivity contribution is 5.89. The summed E-state index contributed by atoms with van der Waals surface area (Å²) in [6.07, 6.45) is 1.76. The molecule has 1 aromatic carbocycles. The lowest BCUT2D eigenvalue weighted by Gasteiger charge is -2.11. The van der Waals surface area contributed by atoms with E-state index in [9.17, 15) is 4.79 Å². The summed E-state index contributed by atoms with van der Waals surface area (Å²) in [5, 5.41) is 0. The summed E-state index contributed by atoms with van der Waals surface area (Å²) in [5.74, 6) is -0.331. The van der Waals surface area contributed by atoms with Crippen molar-refractivity contribution in [3.8, 4) is 0 Å². The van der Waals surface area contributed by atoms with Crippen LogP contribution in [0.3, 0.4) is 0 Å². The number of carbonyl (C=O) groups excluding carboxylic acids is 1. The van der Waals surface area contributed by atoms with Crippen LogP contribution in [0.2, 0.25) is 0 Å². The minimum atomic E-state index is -0.331. The van der Waals surface area contributed by atoms with Crippen LogP contribution in [0.25, 0.3) is 0 Å². The zero-order chi connectivity index (χ0) is 12.0. The Kier molecular flexibility index (Phi) is 7.54. The van der Waals surface area contributed by atoms with Gasteiger partial charge in [0.2, 0.25) is 0 Å². The molecule has 0 bridgehead atoms. The second kappa shape index (κ2) is 8.06. The fraction of sp³-hybridized carbons (Fsp3) is 0.417. The van der Waals surface area contributed by atoms with E-state index < -0.39 is 0 Å². The number of esters is 1. The van der Waals surface area contributed by atoms with E-state index >= 15 is 0 Å². The van der Waals surface area contributed by atoms with Crippen molar-refractivity contribution in [3.63, 3.8) is 0 Å². The Morgan fingerprint density at radius 2 is 1.94 bits per heavy atom. The number of hydrogen-bond donors (Lipinski definition) is 2. The smallest absolute Gasteiger partial charge is 0.337 e. The predicted molar refractivity (Wildman–Crippen MR) is 70.2 cm³/mol. The quantitative estimate of drug-likeness (QED) is 0.787. The van der Waals surface area contributed by atoms with Crippen molar-refractivity contribution < 1.29 is 9.53 Å². The number of carbonyl (C=O) groups is 1. The molecule has 0 saturated carbocycles. The maximum atomic E-state index is 11.2. The Balaban J connectivity index is 0.00000256. The molecule has 1 aromatic rings. The van der Waals surface area contributed by atoms with Gasteiger partial charge in [0.15, 0.2) is 0 Å². The van der Waals surface area contributed by atoms with Gasteiger partial charge in [-0.15, -0.1) is 12.4 Å². The lowest BCUT2D eigenvalue weighted by atomic mass is 10.0. The molecule has 0 fully saturated rings. The number of hydrogen-bond acceptors (Lipinski definition) is 4. The first-order valence-corrected chi connectivity index (χ1v) is 5.33. The summed E-state index contributed by atoms with van der Waals surface area (Å²) in [6, 6.07) is 7.14. The number of ether oxygens (including phenoxy) is 1. The van der Waals surface area contributed by atoms with Gasteiger partial charge in [-0.3, -0.25) is 0 Å². The average molecular weight is 259 g/mol. The zero-order valence-electron chi connectivity index (χ0n) is 9.89. The van der Waals surface area contributed by atoms with Crippen LogP contribution in [0.15, 0.2) is 24.3 Å². The van der Waals surface area contributed by atoms with Crippen LogP contribution < -0.4 is 11.5 Å². The number of methoxy groups -OCH3 is 1.